The molecule has 13 aromatic carbocycles. The Hall–Kier alpha value is -12.3. The van der Waals surface area contributed by atoms with Gasteiger partial charge in [0.1, 0.15) is 6.07 Å². The van der Waals surface area contributed by atoms with Crippen LogP contribution in [0.1, 0.15) is 38.9 Å². The van der Waals surface area contributed by atoms with Crippen molar-refractivity contribution in [2.24, 2.45) is 0 Å². The minimum Gasteiger partial charge on any atom is -0.309 e. The maximum absolute atomic E-state index is 12.5. The molecule has 0 amide bonds. The summed E-state index contributed by atoms with van der Waals surface area (Å²) in [6, 6.07) is 101. The summed E-state index contributed by atoms with van der Waals surface area (Å²) in [5.74, 6) is 0. The van der Waals surface area contributed by atoms with Crippen LogP contribution in [0.25, 0.3) is 166 Å². The standard InChI is InChI=1S/C90H64N6/c1-54-15-37-80-71(47-54)69-11-7-9-13-78(69)93(80)65-29-21-60(22-30-65)86-77(53-91)87(64-43-45-92-46-44-64)89(62-23-31-66(32-24-62)94-79-14-10-8-12-70(79)72-48-55(2)16-38-81(72)94)90(63-27-35-68(36-28-63)96-84-41-19-58(5)51-75(84)76-52-59(6)20-42-85(76)96)88(86)61-25-33-67(34-26-61)95-82-39-17-56(3)49-73(82)74-50-57(4)18-40-83(74)95/h7-52H,1-6H3. The van der Waals surface area contributed by atoms with Crippen molar-refractivity contribution in [2.75, 3.05) is 0 Å². The van der Waals surface area contributed by atoms with E-state index in [4.69, 9.17) is 0 Å². The van der Waals surface area contributed by atoms with Crippen molar-refractivity contribution in [3.05, 3.63) is 318 Å². The third kappa shape index (κ3) is 8.81. The van der Waals surface area contributed by atoms with E-state index in [0.29, 0.717) is 5.56 Å². The molecule has 0 fully saturated rings. The molecule has 18 aromatic rings. The van der Waals surface area contributed by atoms with Gasteiger partial charge in [-0.3, -0.25) is 4.98 Å². The Balaban J connectivity index is 0.938. The van der Waals surface area contributed by atoms with Crippen LogP contribution in [0.3, 0.4) is 0 Å². The fourth-order valence-electron chi connectivity index (χ4n) is 15.7. The fourth-order valence-corrected chi connectivity index (χ4v) is 15.7. The molecule has 6 nitrogen and oxygen atoms in total. The molecule has 0 aliphatic carbocycles. The van der Waals surface area contributed by atoms with Crippen molar-refractivity contribution < 1.29 is 0 Å². The molecule has 0 unspecified atom stereocenters. The normalized spacial score (nSPS) is 11.8. The lowest BCUT2D eigenvalue weighted by Crippen LogP contribution is -2.03. The van der Waals surface area contributed by atoms with Crippen molar-refractivity contribution >= 4 is 87.2 Å². The number of aromatic nitrogens is 5. The van der Waals surface area contributed by atoms with Gasteiger partial charge >= 0.3 is 0 Å². The number of nitrogens with zero attached hydrogens (tertiary/aromatic N) is 6. The molecule has 0 aliphatic heterocycles. The molecule has 0 spiro atoms. The van der Waals surface area contributed by atoms with E-state index in [9.17, 15) is 5.26 Å². The van der Waals surface area contributed by atoms with E-state index < -0.39 is 0 Å². The highest BCUT2D eigenvalue weighted by atomic mass is 15.0. The summed E-state index contributed by atoms with van der Waals surface area (Å²) in [5, 5.41) is 22.2. The summed E-state index contributed by atoms with van der Waals surface area (Å²) in [5.41, 5.74) is 30.6. The second-order valence-corrected chi connectivity index (χ2v) is 26.3. The van der Waals surface area contributed by atoms with Gasteiger partial charge in [-0.05, 0) is 232 Å². The van der Waals surface area contributed by atoms with Gasteiger partial charge in [-0.2, -0.15) is 5.26 Å². The maximum atomic E-state index is 12.5. The maximum Gasteiger partial charge on any atom is 0.100 e. The van der Waals surface area contributed by atoms with Crippen LogP contribution in [-0.2, 0) is 0 Å². The van der Waals surface area contributed by atoms with Gasteiger partial charge < -0.3 is 18.3 Å². The van der Waals surface area contributed by atoms with Gasteiger partial charge in [-0.1, -0.05) is 155 Å². The van der Waals surface area contributed by atoms with E-state index in [1.54, 1.807) is 0 Å². The highest BCUT2D eigenvalue weighted by Gasteiger charge is 2.30. The summed E-state index contributed by atoms with van der Waals surface area (Å²) in [7, 11) is 0. The van der Waals surface area contributed by atoms with Crippen LogP contribution >= 0.6 is 0 Å². The summed E-state index contributed by atoms with van der Waals surface area (Å²) >= 11 is 0. The number of hydrogen-bond acceptors (Lipinski definition) is 2. The average molecular weight is 1230 g/mol. The lowest BCUT2D eigenvalue weighted by atomic mass is 9.76. The van der Waals surface area contributed by atoms with Crippen molar-refractivity contribution in [2.45, 2.75) is 41.5 Å². The SMILES string of the molecule is Cc1ccc2c(c1)c1ccccc1n2-c1ccc(-c2c(C#N)c(-c3ccncc3)c(-c3ccc(-n4c5ccccc5c5cc(C)ccc54)cc3)c(-c3ccc(-n4c5ccc(C)cc5c5cc(C)ccc54)cc3)c2-c2ccc(-n3c4ccc(C)cc4c4cc(C)ccc43)cc2)cc1. The molecule has 0 bridgehead atoms. The molecule has 0 atom stereocenters. The van der Waals surface area contributed by atoms with Crippen LogP contribution in [-0.4, -0.2) is 23.3 Å². The Morgan fingerprint density at radius 1 is 0.240 bits per heavy atom. The van der Waals surface area contributed by atoms with Crippen LogP contribution in [0.5, 0.6) is 0 Å². The first-order valence-corrected chi connectivity index (χ1v) is 33.0. The number of para-hydroxylation sites is 2. The summed E-state index contributed by atoms with van der Waals surface area (Å²) in [4.78, 5) is 4.60. The zero-order valence-electron chi connectivity index (χ0n) is 54.2. The molecule has 0 saturated heterocycles. The highest BCUT2D eigenvalue weighted by Crippen LogP contribution is 2.54. The van der Waals surface area contributed by atoms with E-state index in [0.717, 1.165) is 123 Å². The number of aryl methyl sites for hydroxylation is 6. The van der Waals surface area contributed by atoms with E-state index in [1.165, 1.54) is 76.5 Å². The van der Waals surface area contributed by atoms with Crippen LogP contribution in [0.2, 0.25) is 0 Å². The Bertz CT molecular complexity index is 6170. The first kappa shape index (κ1) is 56.5. The minimum atomic E-state index is 0.571. The average Bonchev–Trinajstić information content (AvgIpc) is 1.04. The van der Waals surface area contributed by atoms with Gasteiger partial charge in [0.05, 0.1) is 49.7 Å². The fraction of sp³-hybridized carbons (Fsp3) is 0.0667. The summed E-state index contributed by atoms with van der Waals surface area (Å²) < 4.78 is 9.57. The molecule has 0 saturated carbocycles. The van der Waals surface area contributed by atoms with E-state index in [2.05, 4.69) is 338 Å². The molecule has 96 heavy (non-hydrogen) atoms. The van der Waals surface area contributed by atoms with Gasteiger partial charge in [0.2, 0.25) is 0 Å². The van der Waals surface area contributed by atoms with E-state index in [1.807, 2.05) is 12.4 Å². The molecule has 454 valence electrons. The monoisotopic (exact) mass is 1230 g/mol. The molecule has 5 aromatic heterocycles. The van der Waals surface area contributed by atoms with Gasteiger partial charge in [-0.25, -0.2) is 0 Å². The zero-order valence-corrected chi connectivity index (χ0v) is 54.2. The van der Waals surface area contributed by atoms with E-state index in [-0.39, 0.29) is 0 Å². The Labute approximate surface area is 556 Å². The second-order valence-electron chi connectivity index (χ2n) is 26.3. The van der Waals surface area contributed by atoms with Gasteiger partial charge in [-0.15, -0.1) is 0 Å². The molecule has 18 rings (SSSR count). The summed E-state index contributed by atoms with van der Waals surface area (Å²) in [6.07, 6.45) is 3.70. The van der Waals surface area contributed by atoms with Crippen molar-refractivity contribution in [1.29, 1.82) is 5.26 Å². The third-order valence-electron chi connectivity index (χ3n) is 20.0. The number of benzene rings is 13. The quantitative estimate of drug-likeness (QED) is 0.145. The van der Waals surface area contributed by atoms with E-state index >= 15 is 0 Å². The van der Waals surface area contributed by atoms with Crippen LogP contribution < -0.4 is 0 Å². The van der Waals surface area contributed by atoms with Crippen LogP contribution in [0.15, 0.2) is 279 Å². The molecular formula is C90H64N6. The van der Waals surface area contributed by atoms with Crippen molar-refractivity contribution in [1.82, 2.24) is 23.3 Å². The Kier molecular flexibility index (Phi) is 12.9. The Morgan fingerprint density at radius 3 is 0.750 bits per heavy atom. The largest absolute Gasteiger partial charge is 0.309 e. The predicted molar refractivity (Wildman–Crippen MR) is 402 cm³/mol. The number of hydrogen-bond donors (Lipinski definition) is 0. The van der Waals surface area contributed by atoms with Crippen LogP contribution in [0.4, 0.5) is 0 Å². The topological polar surface area (TPSA) is 56.4 Å². The number of rotatable bonds is 9. The molecule has 0 aliphatic rings. The van der Waals surface area contributed by atoms with Crippen LogP contribution in [0, 0.1) is 52.9 Å². The number of pyridine rings is 1. The third-order valence-corrected chi connectivity index (χ3v) is 20.0. The number of fused-ring (bicyclic) bond motifs is 12. The molecule has 0 N–H and O–H groups in total. The molecule has 6 heteroatoms. The molecular weight excluding hydrogens is 1170 g/mol. The first-order chi connectivity index (χ1) is 47.0. The van der Waals surface area contributed by atoms with Gasteiger partial charge in [0.15, 0.2) is 0 Å². The minimum absolute atomic E-state index is 0.571. The van der Waals surface area contributed by atoms with Gasteiger partial charge in [0, 0.05) is 89.4 Å². The highest BCUT2D eigenvalue weighted by molar-refractivity contribution is 6.15. The Morgan fingerprint density at radius 2 is 0.469 bits per heavy atom. The lowest BCUT2D eigenvalue weighted by molar-refractivity contribution is 1.18. The van der Waals surface area contributed by atoms with Crippen molar-refractivity contribution in [3.8, 4) is 84.5 Å². The predicted octanol–water partition coefficient (Wildman–Crippen LogP) is 23.5. The molecule has 5 heterocycles. The zero-order chi connectivity index (χ0) is 64.6. The molecule has 0 radical (unpaired) electrons. The summed E-state index contributed by atoms with van der Waals surface area (Å²) in [6.45, 7) is 13.0. The first-order valence-electron chi connectivity index (χ1n) is 33.0. The smallest absolute Gasteiger partial charge is 0.100 e. The number of nitriles is 1. The lowest BCUT2D eigenvalue weighted by Gasteiger charge is -2.26. The van der Waals surface area contributed by atoms with Crippen molar-refractivity contribution in [3.63, 3.8) is 0 Å². The second kappa shape index (κ2) is 21.9. The van der Waals surface area contributed by atoms with Gasteiger partial charge in [0.25, 0.3) is 0 Å².